The van der Waals surface area contributed by atoms with Gasteiger partial charge in [-0.2, -0.15) is 5.10 Å². The summed E-state index contributed by atoms with van der Waals surface area (Å²) in [6.07, 6.45) is 2.21. The van der Waals surface area contributed by atoms with E-state index in [9.17, 15) is 0 Å². The first-order valence-electron chi connectivity index (χ1n) is 6.44. The number of halogens is 2. The summed E-state index contributed by atoms with van der Waals surface area (Å²) in [5.41, 5.74) is 2.42. The van der Waals surface area contributed by atoms with E-state index in [0.717, 1.165) is 36.1 Å². The Labute approximate surface area is 123 Å². The summed E-state index contributed by atoms with van der Waals surface area (Å²) in [7, 11) is 1.98. The maximum atomic E-state index is 6.11. The van der Waals surface area contributed by atoms with Gasteiger partial charge >= 0.3 is 0 Å². The molecule has 3 nitrogen and oxygen atoms in total. The molecule has 0 aliphatic heterocycles. The van der Waals surface area contributed by atoms with E-state index in [-0.39, 0.29) is 5.41 Å². The van der Waals surface area contributed by atoms with Crippen molar-refractivity contribution in [3.8, 4) is 0 Å². The zero-order valence-electron chi connectivity index (χ0n) is 11.7. The Kier molecular flexibility index (Phi) is 6.15. The number of aryl methyl sites for hydroxylation is 2. The highest BCUT2D eigenvalue weighted by Gasteiger charge is 2.24. The molecule has 0 atom stereocenters. The third-order valence-electron chi connectivity index (χ3n) is 3.84. The third kappa shape index (κ3) is 3.49. The van der Waals surface area contributed by atoms with Gasteiger partial charge in [0.1, 0.15) is 0 Å². The number of aromatic nitrogens is 2. The zero-order valence-corrected chi connectivity index (χ0v) is 14.0. The van der Waals surface area contributed by atoms with Crippen molar-refractivity contribution in [2.45, 2.75) is 40.2 Å². The molecule has 0 aliphatic rings. The van der Waals surface area contributed by atoms with Crippen LogP contribution in [0.2, 0.25) is 0 Å². The Morgan fingerprint density at radius 1 is 1.39 bits per heavy atom. The number of alkyl halides is 1. The standard InChI is InChI=1S/C13H23BrClN3/c1-5-13(6-2,8-15)9-16-7-11-12(14)10(3)17-18(11)4/h16H,5-9H2,1-4H3. The van der Waals surface area contributed by atoms with Gasteiger partial charge in [0.15, 0.2) is 0 Å². The van der Waals surface area contributed by atoms with E-state index in [1.807, 2.05) is 18.7 Å². The van der Waals surface area contributed by atoms with Crippen molar-refractivity contribution in [2.75, 3.05) is 12.4 Å². The van der Waals surface area contributed by atoms with Crippen LogP contribution >= 0.6 is 27.5 Å². The predicted molar refractivity (Wildman–Crippen MR) is 81.1 cm³/mol. The van der Waals surface area contributed by atoms with Crippen LogP contribution in [0.4, 0.5) is 0 Å². The molecule has 0 aromatic carbocycles. The zero-order chi connectivity index (χ0) is 13.8. The Bertz CT molecular complexity index is 378. The van der Waals surface area contributed by atoms with Crippen molar-refractivity contribution >= 4 is 27.5 Å². The fourth-order valence-electron chi connectivity index (χ4n) is 2.05. The summed E-state index contributed by atoms with van der Waals surface area (Å²) in [5, 5.41) is 7.90. The van der Waals surface area contributed by atoms with E-state index in [4.69, 9.17) is 11.6 Å². The average molecular weight is 337 g/mol. The molecular formula is C13H23BrClN3. The molecule has 0 bridgehead atoms. The number of hydrogen-bond donors (Lipinski definition) is 1. The van der Waals surface area contributed by atoms with E-state index < -0.39 is 0 Å². The molecule has 0 amide bonds. The van der Waals surface area contributed by atoms with E-state index in [1.165, 1.54) is 5.69 Å². The van der Waals surface area contributed by atoms with Gasteiger partial charge < -0.3 is 5.32 Å². The number of rotatable bonds is 7. The van der Waals surface area contributed by atoms with Crippen LogP contribution in [-0.2, 0) is 13.6 Å². The van der Waals surface area contributed by atoms with Gasteiger partial charge in [-0.1, -0.05) is 13.8 Å². The summed E-state index contributed by atoms with van der Waals surface area (Å²) < 4.78 is 3.02. The summed E-state index contributed by atoms with van der Waals surface area (Å²) in [4.78, 5) is 0. The second kappa shape index (κ2) is 6.92. The summed E-state index contributed by atoms with van der Waals surface area (Å²) >= 11 is 9.69. The van der Waals surface area contributed by atoms with Crippen LogP contribution in [-0.4, -0.2) is 22.2 Å². The molecule has 104 valence electrons. The first-order valence-corrected chi connectivity index (χ1v) is 7.77. The normalized spacial score (nSPS) is 12.1. The minimum Gasteiger partial charge on any atom is -0.311 e. The van der Waals surface area contributed by atoms with Crippen LogP contribution in [0, 0.1) is 12.3 Å². The van der Waals surface area contributed by atoms with E-state index in [0.29, 0.717) is 5.88 Å². The van der Waals surface area contributed by atoms with Crippen LogP contribution in [0.1, 0.15) is 38.1 Å². The molecule has 1 rings (SSSR count). The van der Waals surface area contributed by atoms with E-state index in [2.05, 4.69) is 40.2 Å². The van der Waals surface area contributed by atoms with E-state index in [1.54, 1.807) is 0 Å². The Morgan fingerprint density at radius 3 is 2.39 bits per heavy atom. The average Bonchev–Trinajstić information content (AvgIpc) is 2.61. The molecule has 0 aliphatic carbocycles. The second-order valence-corrected chi connectivity index (χ2v) is 5.97. The molecule has 1 aromatic rings. The number of nitrogens with zero attached hydrogens (tertiary/aromatic N) is 2. The van der Waals surface area contributed by atoms with Gasteiger partial charge in [0.25, 0.3) is 0 Å². The molecule has 1 N–H and O–H groups in total. The lowest BCUT2D eigenvalue weighted by Gasteiger charge is -2.29. The smallest absolute Gasteiger partial charge is 0.0739 e. The lowest BCUT2D eigenvalue weighted by Crippen LogP contribution is -2.35. The van der Waals surface area contributed by atoms with Gasteiger partial charge in [0, 0.05) is 26.0 Å². The predicted octanol–water partition coefficient (Wildman–Crippen LogP) is 3.63. The van der Waals surface area contributed by atoms with Gasteiger partial charge in [0.2, 0.25) is 0 Å². The monoisotopic (exact) mass is 335 g/mol. The van der Waals surface area contributed by atoms with Gasteiger partial charge in [-0.05, 0) is 41.1 Å². The third-order valence-corrected chi connectivity index (χ3v) is 5.44. The second-order valence-electron chi connectivity index (χ2n) is 4.91. The molecule has 0 unspecified atom stereocenters. The van der Waals surface area contributed by atoms with Crippen LogP contribution in [0.3, 0.4) is 0 Å². The van der Waals surface area contributed by atoms with Crippen LogP contribution in [0.15, 0.2) is 4.47 Å². The molecule has 0 saturated heterocycles. The lowest BCUT2D eigenvalue weighted by molar-refractivity contribution is 0.285. The minimum absolute atomic E-state index is 0.210. The number of nitrogens with one attached hydrogen (secondary N) is 1. The van der Waals surface area contributed by atoms with Gasteiger partial charge in [-0.15, -0.1) is 11.6 Å². The Morgan fingerprint density at radius 2 is 2.00 bits per heavy atom. The topological polar surface area (TPSA) is 29.9 Å². The molecular weight excluding hydrogens is 314 g/mol. The van der Waals surface area contributed by atoms with Crippen LogP contribution in [0.25, 0.3) is 0 Å². The minimum atomic E-state index is 0.210. The van der Waals surface area contributed by atoms with Gasteiger partial charge in [-0.25, -0.2) is 0 Å². The van der Waals surface area contributed by atoms with Gasteiger partial charge in [0.05, 0.1) is 15.9 Å². The summed E-state index contributed by atoms with van der Waals surface area (Å²) in [6, 6.07) is 0. The molecule has 0 saturated carbocycles. The SMILES string of the molecule is CCC(CC)(CCl)CNCc1c(Br)c(C)nn1C. The maximum absolute atomic E-state index is 6.11. The van der Waals surface area contributed by atoms with Crippen molar-refractivity contribution in [3.05, 3.63) is 15.9 Å². The van der Waals surface area contributed by atoms with Crippen molar-refractivity contribution < 1.29 is 0 Å². The van der Waals surface area contributed by atoms with Crippen molar-refractivity contribution in [1.82, 2.24) is 15.1 Å². The summed E-state index contributed by atoms with van der Waals surface area (Å²) in [6.45, 7) is 8.18. The molecule has 18 heavy (non-hydrogen) atoms. The molecule has 0 radical (unpaired) electrons. The quantitative estimate of drug-likeness (QED) is 0.771. The Hall–Kier alpha value is -0.0600. The molecule has 0 spiro atoms. The lowest BCUT2D eigenvalue weighted by atomic mass is 9.84. The van der Waals surface area contributed by atoms with E-state index >= 15 is 0 Å². The fraction of sp³-hybridized carbons (Fsp3) is 0.769. The molecule has 0 fully saturated rings. The first kappa shape index (κ1) is 16.0. The van der Waals surface area contributed by atoms with Crippen LogP contribution in [0.5, 0.6) is 0 Å². The largest absolute Gasteiger partial charge is 0.311 e. The first-order chi connectivity index (χ1) is 8.49. The Balaban J connectivity index is 2.61. The molecule has 5 heteroatoms. The highest BCUT2D eigenvalue weighted by atomic mass is 79.9. The maximum Gasteiger partial charge on any atom is 0.0739 e. The highest BCUT2D eigenvalue weighted by Crippen LogP contribution is 2.27. The van der Waals surface area contributed by atoms with Crippen molar-refractivity contribution in [3.63, 3.8) is 0 Å². The summed E-state index contributed by atoms with van der Waals surface area (Å²) in [5.74, 6) is 0.707. The van der Waals surface area contributed by atoms with Gasteiger partial charge in [-0.3, -0.25) is 4.68 Å². The van der Waals surface area contributed by atoms with Crippen molar-refractivity contribution in [1.29, 1.82) is 0 Å². The molecule has 1 aromatic heterocycles. The highest BCUT2D eigenvalue weighted by molar-refractivity contribution is 9.10. The van der Waals surface area contributed by atoms with Crippen LogP contribution < -0.4 is 5.32 Å². The van der Waals surface area contributed by atoms with Crippen molar-refractivity contribution in [2.24, 2.45) is 12.5 Å². The number of hydrogen-bond acceptors (Lipinski definition) is 2. The molecule has 1 heterocycles. The fourth-order valence-corrected chi connectivity index (χ4v) is 3.00.